The molecule has 0 spiro atoms. The van der Waals surface area contributed by atoms with E-state index in [9.17, 15) is 14.8 Å². The van der Waals surface area contributed by atoms with Gasteiger partial charge in [0.05, 0.1) is 37.6 Å². The predicted molar refractivity (Wildman–Crippen MR) is 109 cm³/mol. The third-order valence-electron chi connectivity index (χ3n) is 4.96. The van der Waals surface area contributed by atoms with Crippen molar-refractivity contribution in [3.63, 3.8) is 0 Å². The molecule has 0 radical (unpaired) electrons. The summed E-state index contributed by atoms with van der Waals surface area (Å²) in [5, 5.41) is 20.7. The summed E-state index contributed by atoms with van der Waals surface area (Å²) in [6.07, 6.45) is -5.32. The van der Waals surface area contributed by atoms with Crippen molar-refractivity contribution in [3.8, 4) is 0 Å². The highest BCUT2D eigenvalue weighted by Crippen LogP contribution is 2.47. The molecular formula is C18H36BO9P. The Morgan fingerprint density at radius 2 is 1.45 bits per heavy atom. The molecule has 0 saturated carbocycles. The highest BCUT2D eigenvalue weighted by Gasteiger charge is 2.47. The Kier molecular flexibility index (Phi) is 9.16. The second-order valence-corrected chi connectivity index (χ2v) is 10.4. The largest absolute Gasteiger partial charge is 0.388 e. The molecule has 0 amide bonds. The molecule has 2 aliphatic heterocycles. The van der Waals surface area contributed by atoms with Crippen LogP contribution in [-0.4, -0.2) is 92.0 Å². The van der Waals surface area contributed by atoms with Crippen LogP contribution in [0.25, 0.3) is 0 Å². The van der Waals surface area contributed by atoms with E-state index in [0.717, 1.165) is 0 Å². The first-order valence-electron chi connectivity index (χ1n) is 10.3. The minimum Gasteiger partial charge on any atom is -0.388 e. The average Bonchev–Trinajstić information content (AvgIpc) is 3.02. The quantitative estimate of drug-likeness (QED) is 0.375. The van der Waals surface area contributed by atoms with Crippen molar-refractivity contribution in [2.75, 3.05) is 13.2 Å². The van der Waals surface area contributed by atoms with E-state index < -0.39 is 56.3 Å². The van der Waals surface area contributed by atoms with Crippen molar-refractivity contribution < 1.29 is 42.8 Å². The first-order valence-corrected chi connectivity index (χ1v) is 12.2. The fourth-order valence-electron chi connectivity index (χ4n) is 3.47. The molecule has 0 aromatic carbocycles. The van der Waals surface area contributed by atoms with Crippen LogP contribution in [0.3, 0.4) is 0 Å². The summed E-state index contributed by atoms with van der Waals surface area (Å²) in [6, 6.07) is 0. The molecule has 3 unspecified atom stereocenters. The van der Waals surface area contributed by atoms with E-state index in [1.54, 1.807) is 13.8 Å². The molecule has 11 heteroatoms. The van der Waals surface area contributed by atoms with Crippen LogP contribution in [0, 0.1) is 0 Å². The summed E-state index contributed by atoms with van der Waals surface area (Å²) in [6.45, 7) is 11.1. The third kappa shape index (κ3) is 6.99. The van der Waals surface area contributed by atoms with Gasteiger partial charge in [0.15, 0.2) is 0 Å². The zero-order valence-electron chi connectivity index (χ0n) is 18.4. The Morgan fingerprint density at radius 1 is 0.931 bits per heavy atom. The van der Waals surface area contributed by atoms with Crippen molar-refractivity contribution in [3.05, 3.63) is 0 Å². The number of aliphatic hydroxyl groups excluding tert-OH is 2. The van der Waals surface area contributed by atoms with Gasteiger partial charge in [0.2, 0.25) is 0 Å². The van der Waals surface area contributed by atoms with Crippen molar-refractivity contribution in [2.45, 2.75) is 103 Å². The molecule has 9 atom stereocenters. The minimum atomic E-state index is -3.56. The summed E-state index contributed by atoms with van der Waals surface area (Å²) < 4.78 is 46.9. The summed E-state index contributed by atoms with van der Waals surface area (Å²) in [4.78, 5) is 0. The maximum absolute atomic E-state index is 12.9. The van der Waals surface area contributed by atoms with Crippen molar-refractivity contribution >= 4 is 15.0 Å². The smallest absolute Gasteiger partial charge is 0.271 e. The second-order valence-electron chi connectivity index (χ2n) is 8.41. The van der Waals surface area contributed by atoms with E-state index in [-0.39, 0.29) is 25.4 Å². The minimum absolute atomic E-state index is 0.0113. The molecule has 2 rings (SSSR count). The van der Waals surface area contributed by atoms with Gasteiger partial charge in [-0.05, 0) is 41.5 Å². The van der Waals surface area contributed by atoms with Crippen LogP contribution < -0.4 is 0 Å². The lowest BCUT2D eigenvalue weighted by Gasteiger charge is -2.27. The SMILES string of the molecule is BP(=O)(OC[C@H]1O[C@@H](C)[C@@H](O)C1OC(C)C)OC1[C@@H](COC(C)C)O[C@@H](C)[C@H]1O. The summed E-state index contributed by atoms with van der Waals surface area (Å²) in [5.74, 6) is 0. The van der Waals surface area contributed by atoms with Crippen molar-refractivity contribution in [1.82, 2.24) is 0 Å². The van der Waals surface area contributed by atoms with Crippen LogP contribution in [-0.2, 0) is 32.6 Å². The maximum Gasteiger partial charge on any atom is 0.271 e. The van der Waals surface area contributed by atoms with Crippen molar-refractivity contribution in [2.24, 2.45) is 0 Å². The van der Waals surface area contributed by atoms with E-state index in [2.05, 4.69) is 0 Å². The summed E-state index contributed by atoms with van der Waals surface area (Å²) in [7, 11) is -2.21. The monoisotopic (exact) mass is 438 g/mol. The lowest BCUT2D eigenvalue weighted by molar-refractivity contribution is -0.0776. The van der Waals surface area contributed by atoms with Gasteiger partial charge in [-0.1, -0.05) is 0 Å². The second kappa shape index (κ2) is 10.5. The van der Waals surface area contributed by atoms with Gasteiger partial charge in [0.1, 0.15) is 36.6 Å². The van der Waals surface area contributed by atoms with Crippen LogP contribution in [0.4, 0.5) is 0 Å². The van der Waals surface area contributed by atoms with Gasteiger partial charge < -0.3 is 38.2 Å². The van der Waals surface area contributed by atoms with Crippen LogP contribution in [0.2, 0.25) is 0 Å². The number of ether oxygens (including phenoxy) is 4. The first-order chi connectivity index (χ1) is 13.4. The lowest BCUT2D eigenvalue weighted by atomic mass is 10.1. The molecule has 9 nitrogen and oxygen atoms in total. The Balaban J connectivity index is 1.96. The van der Waals surface area contributed by atoms with Crippen LogP contribution in [0.1, 0.15) is 41.5 Å². The Bertz CT molecular complexity index is 563. The first kappa shape index (κ1) is 25.2. The molecule has 2 fully saturated rings. The molecule has 2 saturated heterocycles. The molecule has 0 aliphatic carbocycles. The molecular weight excluding hydrogens is 402 g/mol. The van der Waals surface area contributed by atoms with E-state index in [0.29, 0.717) is 0 Å². The molecule has 0 aromatic heterocycles. The summed E-state index contributed by atoms with van der Waals surface area (Å²) >= 11 is 0. The Morgan fingerprint density at radius 3 is 1.97 bits per heavy atom. The zero-order valence-corrected chi connectivity index (χ0v) is 19.3. The van der Waals surface area contributed by atoms with Crippen LogP contribution in [0.15, 0.2) is 0 Å². The number of hydrogen-bond donors (Lipinski definition) is 2. The molecule has 29 heavy (non-hydrogen) atoms. The Hall–Kier alpha value is -0.0251. The molecule has 2 aliphatic rings. The molecule has 0 bridgehead atoms. The van der Waals surface area contributed by atoms with Gasteiger partial charge in [-0.2, -0.15) is 0 Å². The highest BCUT2D eigenvalue weighted by atomic mass is 31.2. The maximum atomic E-state index is 12.9. The topological polar surface area (TPSA) is 113 Å². The fourth-order valence-corrected chi connectivity index (χ4v) is 4.65. The van der Waals surface area contributed by atoms with Crippen molar-refractivity contribution in [1.29, 1.82) is 0 Å². The van der Waals surface area contributed by atoms with Gasteiger partial charge in [-0.3, -0.25) is 4.57 Å². The molecule has 170 valence electrons. The molecule has 0 aromatic rings. The van der Waals surface area contributed by atoms with Gasteiger partial charge >= 0.3 is 0 Å². The summed E-state index contributed by atoms with van der Waals surface area (Å²) in [5.41, 5.74) is 0. The van der Waals surface area contributed by atoms with E-state index in [4.69, 9.17) is 28.0 Å². The lowest BCUT2D eigenvalue weighted by Crippen LogP contribution is -2.39. The molecule has 2 heterocycles. The predicted octanol–water partition coefficient (Wildman–Crippen LogP) is 0.644. The number of rotatable bonds is 10. The van der Waals surface area contributed by atoms with E-state index in [1.165, 1.54) is 7.57 Å². The van der Waals surface area contributed by atoms with Gasteiger partial charge in [-0.15, -0.1) is 0 Å². The standard InChI is InChI=1S/C18H36BO9P/c1-9(2)23-7-13-18(16(21)12(6)26-13)28-29(19,22)24-8-14-17(25-10(3)4)15(20)11(5)27-14/h9-18,20-21H,7-8,19H2,1-6H3/t11-,12-,13+,14+,15+,16+,17?,18?,29?/m0/s1. The molecule has 2 N–H and O–H groups in total. The number of hydrogen-bond acceptors (Lipinski definition) is 9. The third-order valence-corrected chi connectivity index (χ3v) is 6.20. The van der Waals surface area contributed by atoms with Crippen LogP contribution >= 0.6 is 7.47 Å². The zero-order chi connectivity index (χ0) is 21.9. The van der Waals surface area contributed by atoms with Gasteiger partial charge in [0, 0.05) is 0 Å². The fraction of sp³-hybridized carbons (Fsp3) is 1.00. The number of aliphatic hydroxyl groups is 2. The highest BCUT2D eigenvalue weighted by molar-refractivity contribution is 7.79. The van der Waals surface area contributed by atoms with E-state index >= 15 is 0 Å². The average molecular weight is 438 g/mol. The normalized spacial score (nSPS) is 40.1. The van der Waals surface area contributed by atoms with Gasteiger partial charge in [0.25, 0.3) is 15.0 Å². The van der Waals surface area contributed by atoms with E-state index in [1.807, 2.05) is 27.7 Å². The Labute approximate surface area is 174 Å². The van der Waals surface area contributed by atoms with Gasteiger partial charge in [-0.25, -0.2) is 0 Å². The van der Waals surface area contributed by atoms with Crippen LogP contribution in [0.5, 0.6) is 0 Å².